The summed E-state index contributed by atoms with van der Waals surface area (Å²) in [4.78, 5) is 16.6. The minimum Gasteiger partial charge on any atom is -0.465 e. The molecule has 0 atom stereocenters. The Morgan fingerprint density at radius 1 is 1.24 bits per heavy atom. The summed E-state index contributed by atoms with van der Waals surface area (Å²) in [6.45, 7) is 1.13. The third-order valence-corrected chi connectivity index (χ3v) is 9.19. The van der Waals surface area contributed by atoms with E-state index in [4.69, 9.17) is 5.11 Å². The highest BCUT2D eigenvalue weighted by Crippen LogP contribution is 2.40. The number of carbonyl (C=O) groups is 1. The van der Waals surface area contributed by atoms with Gasteiger partial charge in [-0.25, -0.2) is 18.2 Å². The van der Waals surface area contributed by atoms with Crippen LogP contribution in [0.4, 0.5) is 4.79 Å². The van der Waals surface area contributed by atoms with Crippen LogP contribution >= 0.6 is 27.3 Å². The minimum absolute atomic E-state index is 0.00271. The van der Waals surface area contributed by atoms with Crippen LogP contribution < -0.4 is 5.32 Å². The summed E-state index contributed by atoms with van der Waals surface area (Å²) in [7, 11) is -3.52. The molecule has 2 N–H and O–H groups in total. The molecule has 0 unspecified atom stereocenters. The van der Waals surface area contributed by atoms with Crippen LogP contribution in [0.5, 0.6) is 0 Å². The molecule has 10 heteroatoms. The number of nitrogens with one attached hydrogen (secondary N) is 1. The molecule has 1 aliphatic heterocycles. The van der Waals surface area contributed by atoms with E-state index in [1.807, 2.05) is 12.1 Å². The predicted molar refractivity (Wildman–Crippen MR) is 115 cm³/mol. The van der Waals surface area contributed by atoms with E-state index in [0.717, 1.165) is 46.5 Å². The maximum Gasteiger partial charge on any atom is 0.404 e. The van der Waals surface area contributed by atoms with Crippen LogP contribution in [0.25, 0.3) is 10.4 Å². The van der Waals surface area contributed by atoms with E-state index < -0.39 is 16.1 Å². The maximum absolute atomic E-state index is 13.0. The number of halogens is 1. The molecule has 4 rings (SSSR count). The van der Waals surface area contributed by atoms with Gasteiger partial charge in [0, 0.05) is 41.3 Å². The van der Waals surface area contributed by atoms with Gasteiger partial charge in [-0.2, -0.15) is 4.31 Å². The Morgan fingerprint density at radius 3 is 2.59 bits per heavy atom. The summed E-state index contributed by atoms with van der Waals surface area (Å²) in [6.07, 6.45) is 5.01. The fourth-order valence-corrected chi connectivity index (χ4v) is 7.29. The van der Waals surface area contributed by atoms with Crippen LogP contribution in [-0.4, -0.2) is 48.0 Å². The van der Waals surface area contributed by atoms with Gasteiger partial charge >= 0.3 is 6.09 Å². The van der Waals surface area contributed by atoms with Gasteiger partial charge in [0.25, 0.3) is 0 Å². The Morgan fingerprint density at radius 2 is 1.97 bits per heavy atom. The Labute approximate surface area is 182 Å². The molecule has 2 aromatic rings. The molecule has 1 aromatic carbocycles. The molecule has 2 aliphatic rings. The molecule has 2 fully saturated rings. The van der Waals surface area contributed by atoms with E-state index in [-0.39, 0.29) is 12.0 Å². The molecule has 0 radical (unpaired) electrons. The number of hydrogen-bond donors (Lipinski definition) is 2. The molecule has 1 saturated heterocycles. The zero-order valence-corrected chi connectivity index (χ0v) is 18.9. The van der Waals surface area contributed by atoms with Crippen LogP contribution in [-0.2, 0) is 10.0 Å². The SMILES string of the molecule is O=C(O)NC1CCC(c2ncc(-c3ccc(Br)cc3S(=O)(=O)N3CCC3)s2)CC1. The van der Waals surface area contributed by atoms with Crippen LogP contribution in [0, 0.1) is 0 Å². The first-order valence-corrected chi connectivity index (χ1v) is 12.6. The quantitative estimate of drug-likeness (QED) is 0.639. The van der Waals surface area contributed by atoms with Crippen molar-refractivity contribution in [3.63, 3.8) is 0 Å². The largest absolute Gasteiger partial charge is 0.465 e. The lowest BCUT2D eigenvalue weighted by Gasteiger charge is -2.30. The molecule has 0 bridgehead atoms. The van der Waals surface area contributed by atoms with Crippen LogP contribution in [0.2, 0.25) is 0 Å². The highest BCUT2D eigenvalue weighted by atomic mass is 79.9. The van der Waals surface area contributed by atoms with Gasteiger partial charge in [0.05, 0.1) is 14.8 Å². The lowest BCUT2D eigenvalue weighted by Crippen LogP contribution is -2.42. The number of thiazole rings is 1. The van der Waals surface area contributed by atoms with Gasteiger partial charge in [-0.3, -0.25) is 0 Å². The lowest BCUT2D eigenvalue weighted by atomic mass is 9.86. The predicted octanol–water partition coefficient (Wildman–Crippen LogP) is 4.26. The number of carboxylic acid groups (broad SMARTS) is 1. The number of benzene rings is 1. The second-order valence-corrected chi connectivity index (χ2v) is 11.3. The van der Waals surface area contributed by atoms with Crippen molar-refractivity contribution in [1.82, 2.24) is 14.6 Å². The Hall–Kier alpha value is -1.49. The number of rotatable bonds is 5. The van der Waals surface area contributed by atoms with Crippen LogP contribution in [0.1, 0.15) is 43.0 Å². The van der Waals surface area contributed by atoms with Gasteiger partial charge < -0.3 is 10.4 Å². The van der Waals surface area contributed by atoms with Gasteiger partial charge in [-0.15, -0.1) is 11.3 Å². The first kappa shape index (κ1) is 20.8. The summed E-state index contributed by atoms with van der Waals surface area (Å²) in [6, 6.07) is 5.36. The summed E-state index contributed by atoms with van der Waals surface area (Å²) in [5, 5.41) is 12.4. The fourth-order valence-electron chi connectivity index (χ4n) is 3.84. The van der Waals surface area contributed by atoms with E-state index in [2.05, 4.69) is 26.2 Å². The van der Waals surface area contributed by atoms with Crippen molar-refractivity contribution in [2.75, 3.05) is 13.1 Å². The Balaban J connectivity index is 1.57. The van der Waals surface area contributed by atoms with E-state index >= 15 is 0 Å². The highest BCUT2D eigenvalue weighted by molar-refractivity contribution is 9.10. The van der Waals surface area contributed by atoms with Gasteiger partial charge in [0.1, 0.15) is 0 Å². The summed E-state index contributed by atoms with van der Waals surface area (Å²) < 4.78 is 28.3. The van der Waals surface area contributed by atoms with Crippen molar-refractivity contribution in [3.05, 3.63) is 33.9 Å². The van der Waals surface area contributed by atoms with E-state index in [1.165, 1.54) is 15.6 Å². The fraction of sp³-hybridized carbons (Fsp3) is 0.474. The minimum atomic E-state index is -3.52. The summed E-state index contributed by atoms with van der Waals surface area (Å²) in [5.74, 6) is 0.284. The molecule has 7 nitrogen and oxygen atoms in total. The molecular weight excluding hydrogens is 478 g/mol. The van der Waals surface area contributed by atoms with Crippen molar-refractivity contribution in [3.8, 4) is 10.4 Å². The maximum atomic E-state index is 13.0. The van der Waals surface area contributed by atoms with Crippen molar-refractivity contribution in [2.24, 2.45) is 0 Å². The Kier molecular flexibility index (Phi) is 5.97. The molecule has 29 heavy (non-hydrogen) atoms. The van der Waals surface area contributed by atoms with E-state index in [1.54, 1.807) is 12.3 Å². The average Bonchev–Trinajstić information content (AvgIpc) is 3.10. The van der Waals surface area contributed by atoms with E-state index in [9.17, 15) is 13.2 Å². The molecule has 0 spiro atoms. The third-order valence-electron chi connectivity index (χ3n) is 5.57. The first-order chi connectivity index (χ1) is 13.8. The normalized spacial score (nSPS) is 22.8. The molecule has 156 valence electrons. The number of amides is 1. The molecule has 1 saturated carbocycles. The van der Waals surface area contributed by atoms with Gasteiger partial charge in [-0.05, 0) is 44.2 Å². The lowest BCUT2D eigenvalue weighted by molar-refractivity contribution is 0.185. The van der Waals surface area contributed by atoms with E-state index in [0.29, 0.717) is 23.5 Å². The average molecular weight is 500 g/mol. The van der Waals surface area contributed by atoms with Gasteiger partial charge in [0.15, 0.2) is 0 Å². The third kappa shape index (κ3) is 4.35. The second kappa shape index (κ2) is 8.33. The number of nitrogens with zero attached hydrogens (tertiary/aromatic N) is 2. The van der Waals surface area contributed by atoms with Gasteiger partial charge in [-0.1, -0.05) is 22.0 Å². The number of sulfonamides is 1. The number of aromatic nitrogens is 1. The van der Waals surface area contributed by atoms with Crippen molar-refractivity contribution >= 4 is 43.4 Å². The topological polar surface area (TPSA) is 99.6 Å². The summed E-state index contributed by atoms with van der Waals surface area (Å²) >= 11 is 4.93. The molecule has 1 amide bonds. The zero-order valence-electron chi connectivity index (χ0n) is 15.7. The first-order valence-electron chi connectivity index (χ1n) is 9.60. The molecular formula is C19H22BrN3O4S2. The number of hydrogen-bond acceptors (Lipinski definition) is 5. The monoisotopic (exact) mass is 499 g/mol. The molecule has 1 aliphatic carbocycles. The van der Waals surface area contributed by atoms with Crippen LogP contribution in [0.3, 0.4) is 0 Å². The standard InChI is InChI=1S/C19H22BrN3O4S2/c20-13-4-7-15(17(10-13)29(26,27)23-8-1-9-23)16-11-21-18(28-16)12-2-5-14(6-3-12)22-19(24)25/h4,7,10-12,14,22H,1-3,5-6,8-9H2,(H,24,25). The second-order valence-electron chi connectivity index (χ2n) is 7.46. The molecule has 1 aromatic heterocycles. The van der Waals surface area contributed by atoms with Gasteiger partial charge in [0.2, 0.25) is 10.0 Å². The molecule has 2 heterocycles. The smallest absolute Gasteiger partial charge is 0.404 e. The summed E-state index contributed by atoms with van der Waals surface area (Å²) in [5.41, 5.74) is 0.685. The zero-order chi connectivity index (χ0) is 20.6. The Bertz CT molecular complexity index is 1010. The van der Waals surface area contributed by atoms with Crippen molar-refractivity contribution in [2.45, 2.75) is 49.0 Å². The highest BCUT2D eigenvalue weighted by Gasteiger charge is 2.32. The van der Waals surface area contributed by atoms with Crippen molar-refractivity contribution < 1.29 is 18.3 Å². The van der Waals surface area contributed by atoms with Crippen LogP contribution in [0.15, 0.2) is 33.8 Å². The van der Waals surface area contributed by atoms with Crippen molar-refractivity contribution in [1.29, 1.82) is 0 Å².